The Morgan fingerprint density at radius 1 is 1.32 bits per heavy atom. The van der Waals surface area contributed by atoms with E-state index in [1.807, 2.05) is 36.5 Å². The van der Waals surface area contributed by atoms with Crippen molar-refractivity contribution < 1.29 is 13.9 Å². The molecule has 3 heterocycles. The van der Waals surface area contributed by atoms with Crippen LogP contribution >= 0.6 is 11.3 Å². The van der Waals surface area contributed by atoms with Crippen LogP contribution in [0.15, 0.2) is 34.3 Å². The number of hydrogen-bond acceptors (Lipinski definition) is 8. The van der Waals surface area contributed by atoms with E-state index >= 15 is 0 Å². The number of thiophene rings is 1. The minimum atomic E-state index is -0.334. The Labute approximate surface area is 149 Å². The second-order valence-corrected chi connectivity index (χ2v) is 6.37. The first kappa shape index (κ1) is 17.1. The minimum Gasteiger partial charge on any atom is -0.466 e. The van der Waals surface area contributed by atoms with Crippen LogP contribution in [0.5, 0.6) is 0 Å². The number of aromatic nitrogens is 3. The standard InChI is InChI=1S/C17H18N4O3S/c1-4-23-14(22)8-12-15(13-6-5-7-25-13)24-16(20-12)11-9-18-17(19-10-11)21(2)3/h5-7,9-10H,4,8H2,1-3H3. The Kier molecular flexibility index (Phi) is 5.08. The van der Waals surface area contributed by atoms with Gasteiger partial charge in [-0.05, 0) is 18.4 Å². The summed E-state index contributed by atoms with van der Waals surface area (Å²) in [6, 6.07) is 3.85. The molecule has 0 aliphatic heterocycles. The van der Waals surface area contributed by atoms with Gasteiger partial charge in [0.05, 0.1) is 29.2 Å². The molecule has 0 spiro atoms. The lowest BCUT2D eigenvalue weighted by Gasteiger charge is -2.08. The summed E-state index contributed by atoms with van der Waals surface area (Å²) in [6.07, 6.45) is 3.36. The zero-order chi connectivity index (χ0) is 17.8. The Balaban J connectivity index is 1.96. The summed E-state index contributed by atoms with van der Waals surface area (Å²) >= 11 is 1.52. The molecule has 8 heteroatoms. The van der Waals surface area contributed by atoms with Gasteiger partial charge in [0, 0.05) is 26.5 Å². The molecule has 0 unspecified atom stereocenters. The van der Waals surface area contributed by atoms with Crippen LogP contribution in [0.4, 0.5) is 5.95 Å². The molecule has 0 saturated heterocycles. The van der Waals surface area contributed by atoms with Crippen LogP contribution in [0.3, 0.4) is 0 Å². The predicted molar refractivity (Wildman–Crippen MR) is 95.5 cm³/mol. The number of rotatable bonds is 6. The monoisotopic (exact) mass is 358 g/mol. The van der Waals surface area contributed by atoms with Gasteiger partial charge in [-0.15, -0.1) is 11.3 Å². The third kappa shape index (κ3) is 3.85. The van der Waals surface area contributed by atoms with Crippen LogP contribution in [0.2, 0.25) is 0 Å². The van der Waals surface area contributed by atoms with Crippen LogP contribution < -0.4 is 4.90 Å². The average molecular weight is 358 g/mol. The number of hydrogen-bond donors (Lipinski definition) is 0. The fourth-order valence-electron chi connectivity index (χ4n) is 2.21. The first-order valence-electron chi connectivity index (χ1n) is 7.77. The molecule has 3 aromatic rings. The maximum atomic E-state index is 11.9. The van der Waals surface area contributed by atoms with Gasteiger partial charge in [0.1, 0.15) is 0 Å². The lowest BCUT2D eigenvalue weighted by Crippen LogP contribution is -2.12. The molecule has 0 radical (unpaired) electrons. The van der Waals surface area contributed by atoms with Gasteiger partial charge >= 0.3 is 5.97 Å². The molecule has 0 N–H and O–H groups in total. The van der Waals surface area contributed by atoms with Crippen molar-refractivity contribution in [2.45, 2.75) is 13.3 Å². The number of carbonyl (C=O) groups excluding carboxylic acids is 1. The van der Waals surface area contributed by atoms with E-state index < -0.39 is 0 Å². The summed E-state index contributed by atoms with van der Waals surface area (Å²) in [4.78, 5) is 27.6. The highest BCUT2D eigenvalue weighted by Gasteiger charge is 2.20. The maximum absolute atomic E-state index is 11.9. The van der Waals surface area contributed by atoms with Crippen molar-refractivity contribution in [2.24, 2.45) is 0 Å². The van der Waals surface area contributed by atoms with Gasteiger partial charge < -0.3 is 14.1 Å². The van der Waals surface area contributed by atoms with Crippen molar-refractivity contribution in [2.75, 3.05) is 25.6 Å². The zero-order valence-electron chi connectivity index (χ0n) is 14.2. The van der Waals surface area contributed by atoms with Crippen LogP contribution in [-0.4, -0.2) is 41.6 Å². The average Bonchev–Trinajstić information content (AvgIpc) is 3.24. The first-order chi connectivity index (χ1) is 12.1. The number of esters is 1. The molecule has 0 aliphatic carbocycles. The van der Waals surface area contributed by atoms with E-state index in [9.17, 15) is 4.79 Å². The fraction of sp³-hybridized carbons (Fsp3) is 0.294. The molecule has 0 aliphatic rings. The molecule has 0 bridgehead atoms. The molecule has 3 rings (SSSR count). The highest BCUT2D eigenvalue weighted by atomic mass is 32.1. The van der Waals surface area contributed by atoms with Gasteiger partial charge in [0.25, 0.3) is 0 Å². The molecule has 3 aromatic heterocycles. The van der Waals surface area contributed by atoms with Gasteiger partial charge in [0.15, 0.2) is 5.76 Å². The first-order valence-corrected chi connectivity index (χ1v) is 8.65. The van der Waals surface area contributed by atoms with Crippen LogP contribution in [0.1, 0.15) is 12.6 Å². The molecular formula is C17H18N4O3S. The second-order valence-electron chi connectivity index (χ2n) is 5.42. The molecule has 0 aromatic carbocycles. The van der Waals surface area contributed by atoms with Crippen molar-refractivity contribution in [3.05, 3.63) is 35.6 Å². The van der Waals surface area contributed by atoms with Gasteiger partial charge in [0.2, 0.25) is 11.8 Å². The van der Waals surface area contributed by atoms with E-state index in [2.05, 4.69) is 15.0 Å². The summed E-state index contributed by atoms with van der Waals surface area (Å²) in [5.74, 6) is 1.22. The smallest absolute Gasteiger partial charge is 0.312 e. The fourth-order valence-corrected chi connectivity index (χ4v) is 2.93. The van der Waals surface area contributed by atoms with Crippen molar-refractivity contribution in [1.82, 2.24) is 15.0 Å². The second kappa shape index (κ2) is 7.43. The summed E-state index contributed by atoms with van der Waals surface area (Å²) in [7, 11) is 3.74. The molecule has 130 valence electrons. The quantitative estimate of drug-likeness (QED) is 0.626. The molecule has 0 saturated carbocycles. The van der Waals surface area contributed by atoms with E-state index in [0.717, 1.165) is 4.88 Å². The van der Waals surface area contributed by atoms with E-state index in [4.69, 9.17) is 9.15 Å². The number of anilines is 1. The molecular weight excluding hydrogens is 340 g/mol. The zero-order valence-corrected chi connectivity index (χ0v) is 15.0. The Morgan fingerprint density at radius 3 is 2.68 bits per heavy atom. The highest BCUT2D eigenvalue weighted by molar-refractivity contribution is 7.13. The van der Waals surface area contributed by atoms with Crippen molar-refractivity contribution in [1.29, 1.82) is 0 Å². The molecule has 0 atom stereocenters. The minimum absolute atomic E-state index is 0.0568. The van der Waals surface area contributed by atoms with Crippen LogP contribution in [0.25, 0.3) is 22.1 Å². The lowest BCUT2D eigenvalue weighted by molar-refractivity contribution is -0.142. The van der Waals surface area contributed by atoms with Gasteiger partial charge in [-0.25, -0.2) is 15.0 Å². The topological polar surface area (TPSA) is 81.4 Å². The Morgan fingerprint density at radius 2 is 2.08 bits per heavy atom. The summed E-state index contributed by atoms with van der Waals surface area (Å²) < 4.78 is 11.0. The van der Waals surface area contributed by atoms with Crippen LogP contribution in [-0.2, 0) is 16.0 Å². The van der Waals surface area contributed by atoms with E-state index in [0.29, 0.717) is 35.5 Å². The lowest BCUT2D eigenvalue weighted by atomic mass is 10.2. The Bertz CT molecular complexity index is 841. The number of nitrogens with zero attached hydrogens (tertiary/aromatic N) is 4. The van der Waals surface area contributed by atoms with E-state index in [1.165, 1.54) is 11.3 Å². The number of oxazole rings is 1. The van der Waals surface area contributed by atoms with Gasteiger partial charge in [-0.2, -0.15) is 0 Å². The largest absolute Gasteiger partial charge is 0.466 e. The van der Waals surface area contributed by atoms with Gasteiger partial charge in [-0.3, -0.25) is 4.79 Å². The molecule has 7 nitrogen and oxygen atoms in total. The SMILES string of the molecule is CCOC(=O)Cc1nc(-c2cnc(N(C)C)nc2)oc1-c1cccs1. The normalized spacial score (nSPS) is 10.7. The highest BCUT2D eigenvalue weighted by Crippen LogP contribution is 2.32. The van der Waals surface area contributed by atoms with Crippen molar-refractivity contribution in [3.8, 4) is 22.1 Å². The van der Waals surface area contributed by atoms with Crippen LogP contribution in [0, 0.1) is 0 Å². The predicted octanol–water partition coefficient (Wildman–Crippen LogP) is 3.03. The number of carbonyl (C=O) groups is 1. The summed E-state index contributed by atoms with van der Waals surface area (Å²) in [6.45, 7) is 2.10. The third-order valence-electron chi connectivity index (χ3n) is 3.34. The third-order valence-corrected chi connectivity index (χ3v) is 4.21. The number of ether oxygens (including phenoxy) is 1. The molecule has 0 fully saturated rings. The van der Waals surface area contributed by atoms with Gasteiger partial charge in [-0.1, -0.05) is 6.07 Å². The summed E-state index contributed by atoms with van der Waals surface area (Å²) in [5, 5.41) is 1.95. The van der Waals surface area contributed by atoms with E-state index in [-0.39, 0.29) is 12.4 Å². The van der Waals surface area contributed by atoms with Crippen molar-refractivity contribution >= 4 is 23.3 Å². The van der Waals surface area contributed by atoms with E-state index in [1.54, 1.807) is 19.3 Å². The summed E-state index contributed by atoms with van der Waals surface area (Å²) in [5.41, 5.74) is 1.20. The maximum Gasteiger partial charge on any atom is 0.312 e. The van der Waals surface area contributed by atoms with Crippen molar-refractivity contribution in [3.63, 3.8) is 0 Å². The Hall–Kier alpha value is -2.74. The molecule has 25 heavy (non-hydrogen) atoms. The molecule has 0 amide bonds.